The van der Waals surface area contributed by atoms with Gasteiger partial charge in [-0.2, -0.15) is 0 Å². The van der Waals surface area contributed by atoms with Crippen LogP contribution < -0.4 is 14.8 Å². The van der Waals surface area contributed by atoms with Crippen LogP contribution in [0.25, 0.3) is 0 Å². The zero-order valence-corrected chi connectivity index (χ0v) is 12.3. The molecule has 0 atom stereocenters. The maximum Gasteiger partial charge on any atom is 0.161 e. The largest absolute Gasteiger partial charge is 0.490 e. The molecule has 0 spiro atoms. The van der Waals surface area contributed by atoms with Crippen LogP contribution in [0.3, 0.4) is 0 Å². The Kier molecular flexibility index (Phi) is 8.90. The maximum atomic E-state index is 5.73. The van der Waals surface area contributed by atoms with E-state index in [9.17, 15) is 0 Å². The fourth-order valence-corrected chi connectivity index (χ4v) is 1.88. The normalized spacial score (nSPS) is 10.4. The van der Waals surface area contributed by atoms with Gasteiger partial charge < -0.3 is 14.8 Å². The van der Waals surface area contributed by atoms with Crippen molar-refractivity contribution < 1.29 is 9.47 Å². The van der Waals surface area contributed by atoms with Crippen molar-refractivity contribution >= 4 is 0 Å². The molecule has 0 heterocycles. The minimum absolute atomic E-state index is 0.663. The summed E-state index contributed by atoms with van der Waals surface area (Å²) in [5.74, 6) is 1.66. The third-order valence-corrected chi connectivity index (χ3v) is 2.89. The molecule has 1 aromatic carbocycles. The Morgan fingerprint density at radius 3 is 2.32 bits per heavy atom. The van der Waals surface area contributed by atoms with Crippen LogP contribution in [0.1, 0.15) is 39.5 Å². The third kappa shape index (κ3) is 7.06. The molecular weight excluding hydrogens is 238 g/mol. The Balaban J connectivity index is 2.12. The van der Waals surface area contributed by atoms with Crippen LogP contribution in [0.2, 0.25) is 0 Å². The van der Waals surface area contributed by atoms with Crippen LogP contribution in [-0.2, 0) is 0 Å². The minimum atomic E-state index is 0.663. The molecule has 0 saturated heterocycles. The Morgan fingerprint density at radius 2 is 1.63 bits per heavy atom. The SMILES string of the molecule is CCCCCCNCCOc1ccccc1OCC. The Hall–Kier alpha value is -1.22. The molecule has 3 nitrogen and oxygen atoms in total. The van der Waals surface area contributed by atoms with E-state index in [2.05, 4.69) is 12.2 Å². The molecule has 0 aliphatic rings. The summed E-state index contributed by atoms with van der Waals surface area (Å²) in [4.78, 5) is 0. The second kappa shape index (κ2) is 10.7. The van der Waals surface area contributed by atoms with Gasteiger partial charge >= 0.3 is 0 Å². The van der Waals surface area contributed by atoms with E-state index in [0.29, 0.717) is 13.2 Å². The summed E-state index contributed by atoms with van der Waals surface area (Å²) in [5, 5.41) is 3.40. The van der Waals surface area contributed by atoms with E-state index in [0.717, 1.165) is 24.6 Å². The standard InChI is InChI=1S/C16H27NO2/c1-3-5-6-9-12-17-13-14-19-16-11-8-7-10-15(16)18-4-2/h7-8,10-11,17H,3-6,9,12-14H2,1-2H3. The van der Waals surface area contributed by atoms with Gasteiger partial charge in [-0.25, -0.2) is 0 Å². The lowest BCUT2D eigenvalue weighted by molar-refractivity contribution is 0.275. The summed E-state index contributed by atoms with van der Waals surface area (Å²) in [6.07, 6.45) is 5.19. The van der Waals surface area contributed by atoms with E-state index >= 15 is 0 Å². The van der Waals surface area contributed by atoms with Crippen molar-refractivity contribution in [1.29, 1.82) is 0 Å². The Labute approximate surface area is 117 Å². The number of para-hydroxylation sites is 2. The molecule has 108 valence electrons. The number of unbranched alkanes of at least 4 members (excludes halogenated alkanes) is 3. The van der Waals surface area contributed by atoms with Crippen LogP contribution in [0, 0.1) is 0 Å². The van der Waals surface area contributed by atoms with Gasteiger partial charge in [0, 0.05) is 6.54 Å². The highest BCUT2D eigenvalue weighted by Crippen LogP contribution is 2.25. The molecule has 0 radical (unpaired) electrons. The Bertz CT molecular complexity index is 328. The van der Waals surface area contributed by atoms with Gasteiger partial charge in [0.2, 0.25) is 0 Å². The average Bonchev–Trinajstić information content (AvgIpc) is 2.44. The zero-order valence-electron chi connectivity index (χ0n) is 12.3. The van der Waals surface area contributed by atoms with Crippen LogP contribution in [0.5, 0.6) is 11.5 Å². The molecule has 0 unspecified atom stereocenters. The van der Waals surface area contributed by atoms with E-state index < -0.39 is 0 Å². The molecule has 3 heteroatoms. The van der Waals surface area contributed by atoms with Crippen molar-refractivity contribution in [2.75, 3.05) is 26.3 Å². The summed E-state index contributed by atoms with van der Waals surface area (Å²) < 4.78 is 11.2. The first-order valence-corrected chi connectivity index (χ1v) is 7.43. The lowest BCUT2D eigenvalue weighted by Gasteiger charge is -2.11. The van der Waals surface area contributed by atoms with Gasteiger partial charge in [0.25, 0.3) is 0 Å². The van der Waals surface area contributed by atoms with Crippen LogP contribution >= 0.6 is 0 Å². The van der Waals surface area contributed by atoms with Gasteiger partial charge in [-0.1, -0.05) is 38.3 Å². The molecule has 0 saturated carbocycles. The third-order valence-electron chi connectivity index (χ3n) is 2.89. The smallest absolute Gasteiger partial charge is 0.161 e. The molecule has 0 amide bonds. The molecule has 0 aliphatic heterocycles. The van der Waals surface area contributed by atoms with E-state index in [1.54, 1.807) is 0 Å². The van der Waals surface area contributed by atoms with Gasteiger partial charge in [-0.05, 0) is 32.0 Å². The van der Waals surface area contributed by atoms with Crippen LogP contribution in [0.4, 0.5) is 0 Å². The van der Waals surface area contributed by atoms with Crippen molar-refractivity contribution in [2.24, 2.45) is 0 Å². The topological polar surface area (TPSA) is 30.5 Å². The van der Waals surface area contributed by atoms with E-state index in [-0.39, 0.29) is 0 Å². The van der Waals surface area contributed by atoms with Crippen LogP contribution in [0.15, 0.2) is 24.3 Å². The number of hydrogen-bond donors (Lipinski definition) is 1. The number of hydrogen-bond acceptors (Lipinski definition) is 3. The summed E-state index contributed by atoms with van der Waals surface area (Å²) in [6, 6.07) is 7.82. The molecule has 19 heavy (non-hydrogen) atoms. The van der Waals surface area contributed by atoms with Gasteiger partial charge in [-0.15, -0.1) is 0 Å². The number of benzene rings is 1. The van der Waals surface area contributed by atoms with Gasteiger partial charge in [-0.3, -0.25) is 0 Å². The second-order valence-corrected chi connectivity index (χ2v) is 4.54. The quantitative estimate of drug-likeness (QED) is 0.620. The van der Waals surface area contributed by atoms with Crippen molar-refractivity contribution in [3.63, 3.8) is 0 Å². The average molecular weight is 265 g/mol. The van der Waals surface area contributed by atoms with Crippen molar-refractivity contribution in [2.45, 2.75) is 39.5 Å². The first-order chi connectivity index (χ1) is 9.38. The van der Waals surface area contributed by atoms with Gasteiger partial charge in [0.05, 0.1) is 6.61 Å². The summed E-state index contributed by atoms with van der Waals surface area (Å²) in [6.45, 7) is 7.52. The first-order valence-electron chi connectivity index (χ1n) is 7.43. The van der Waals surface area contributed by atoms with E-state index in [1.807, 2.05) is 31.2 Å². The highest BCUT2D eigenvalue weighted by molar-refractivity contribution is 5.39. The molecule has 0 bridgehead atoms. The zero-order chi connectivity index (χ0) is 13.8. The molecule has 1 N–H and O–H groups in total. The molecular formula is C16H27NO2. The van der Waals surface area contributed by atoms with E-state index in [1.165, 1.54) is 25.7 Å². The summed E-state index contributed by atoms with van der Waals surface area (Å²) in [7, 11) is 0. The van der Waals surface area contributed by atoms with Crippen molar-refractivity contribution in [3.05, 3.63) is 24.3 Å². The van der Waals surface area contributed by atoms with Crippen molar-refractivity contribution in [3.8, 4) is 11.5 Å². The maximum absolute atomic E-state index is 5.73. The lowest BCUT2D eigenvalue weighted by Crippen LogP contribution is -2.22. The molecule has 0 aliphatic carbocycles. The predicted molar refractivity (Wildman–Crippen MR) is 80.1 cm³/mol. The van der Waals surface area contributed by atoms with E-state index in [4.69, 9.17) is 9.47 Å². The number of ether oxygens (including phenoxy) is 2. The molecule has 0 fully saturated rings. The predicted octanol–water partition coefficient (Wildman–Crippen LogP) is 3.63. The molecule has 1 aromatic rings. The number of rotatable bonds is 11. The van der Waals surface area contributed by atoms with Crippen molar-refractivity contribution in [1.82, 2.24) is 5.32 Å². The summed E-state index contributed by atoms with van der Waals surface area (Å²) >= 11 is 0. The monoisotopic (exact) mass is 265 g/mol. The Morgan fingerprint density at radius 1 is 0.895 bits per heavy atom. The lowest BCUT2D eigenvalue weighted by atomic mass is 10.2. The fourth-order valence-electron chi connectivity index (χ4n) is 1.88. The molecule has 1 rings (SSSR count). The highest BCUT2D eigenvalue weighted by Gasteiger charge is 2.02. The fraction of sp³-hybridized carbons (Fsp3) is 0.625. The second-order valence-electron chi connectivity index (χ2n) is 4.54. The highest BCUT2D eigenvalue weighted by atomic mass is 16.5. The first kappa shape index (κ1) is 15.8. The summed E-state index contributed by atoms with van der Waals surface area (Å²) in [5.41, 5.74) is 0. The van der Waals surface area contributed by atoms with Crippen LogP contribution in [-0.4, -0.2) is 26.3 Å². The van der Waals surface area contributed by atoms with Gasteiger partial charge in [0.1, 0.15) is 6.61 Å². The minimum Gasteiger partial charge on any atom is -0.490 e. The van der Waals surface area contributed by atoms with Gasteiger partial charge in [0.15, 0.2) is 11.5 Å². The number of nitrogens with one attached hydrogen (secondary N) is 1. The molecule has 0 aromatic heterocycles.